The van der Waals surface area contributed by atoms with Gasteiger partial charge in [0.1, 0.15) is 11.6 Å². The van der Waals surface area contributed by atoms with Crippen molar-refractivity contribution in [2.45, 2.75) is 39.3 Å². The third-order valence-electron chi connectivity index (χ3n) is 6.01. The molecule has 1 aromatic heterocycles. The first-order valence-electron chi connectivity index (χ1n) is 11.3. The first kappa shape index (κ1) is 22.7. The van der Waals surface area contributed by atoms with Crippen molar-refractivity contribution in [3.8, 4) is 17.0 Å². The van der Waals surface area contributed by atoms with Crippen molar-refractivity contribution in [3.63, 3.8) is 0 Å². The lowest BCUT2D eigenvalue weighted by Crippen LogP contribution is -2.45. The number of ether oxygens (including phenoxy) is 1. The van der Waals surface area contributed by atoms with Crippen LogP contribution in [0.3, 0.4) is 0 Å². The Morgan fingerprint density at radius 1 is 1.12 bits per heavy atom. The summed E-state index contributed by atoms with van der Waals surface area (Å²) in [4.78, 5) is 27.0. The summed E-state index contributed by atoms with van der Waals surface area (Å²) in [6.07, 6.45) is 1.02. The number of likely N-dealkylation sites (tertiary alicyclic amines) is 1. The third-order valence-corrected chi connectivity index (χ3v) is 6.01. The highest BCUT2D eigenvalue weighted by atomic mass is 19.1. The lowest BCUT2D eigenvalue weighted by molar-refractivity contribution is -0.139. The van der Waals surface area contributed by atoms with E-state index in [9.17, 15) is 14.0 Å². The molecule has 2 aromatic carbocycles. The third kappa shape index (κ3) is 5.66. The number of aromatic nitrogens is 2. The van der Waals surface area contributed by atoms with E-state index in [0.29, 0.717) is 31.1 Å². The predicted octanol–water partition coefficient (Wildman–Crippen LogP) is 4.06. The Morgan fingerprint density at radius 2 is 1.85 bits per heavy atom. The lowest BCUT2D eigenvalue weighted by atomic mass is 9.96. The molecule has 1 amide bonds. The summed E-state index contributed by atoms with van der Waals surface area (Å²) >= 11 is 0. The van der Waals surface area contributed by atoms with Crippen molar-refractivity contribution in [2.75, 3.05) is 13.1 Å². The van der Waals surface area contributed by atoms with Crippen molar-refractivity contribution >= 4 is 5.91 Å². The highest BCUT2D eigenvalue weighted by Crippen LogP contribution is 2.22. The van der Waals surface area contributed by atoms with Crippen molar-refractivity contribution in [3.05, 3.63) is 82.4 Å². The molecule has 1 aliphatic heterocycles. The molecule has 1 aliphatic rings. The Hall–Kier alpha value is -3.48. The van der Waals surface area contributed by atoms with E-state index < -0.39 is 6.10 Å². The van der Waals surface area contributed by atoms with Gasteiger partial charge in [0.2, 0.25) is 0 Å². The highest BCUT2D eigenvalue weighted by Gasteiger charge is 2.27. The van der Waals surface area contributed by atoms with E-state index in [1.54, 1.807) is 25.1 Å². The molecule has 1 fully saturated rings. The van der Waals surface area contributed by atoms with E-state index in [0.717, 1.165) is 24.0 Å². The number of amides is 1. The molecule has 0 saturated carbocycles. The van der Waals surface area contributed by atoms with Gasteiger partial charge >= 0.3 is 0 Å². The molecule has 172 valence electrons. The van der Waals surface area contributed by atoms with E-state index in [1.807, 2.05) is 36.1 Å². The van der Waals surface area contributed by atoms with Crippen molar-refractivity contribution < 1.29 is 13.9 Å². The molecule has 0 N–H and O–H groups in total. The molecule has 33 heavy (non-hydrogen) atoms. The van der Waals surface area contributed by atoms with E-state index in [2.05, 4.69) is 5.10 Å². The fourth-order valence-corrected chi connectivity index (χ4v) is 4.14. The second-order valence-electron chi connectivity index (χ2n) is 8.59. The fraction of sp³-hybridized carbons (Fsp3) is 0.346. The van der Waals surface area contributed by atoms with Gasteiger partial charge in [0.05, 0.1) is 5.69 Å². The Morgan fingerprint density at radius 3 is 2.55 bits per heavy atom. The summed E-state index contributed by atoms with van der Waals surface area (Å²) in [7, 11) is 0. The molecular weight excluding hydrogens is 421 g/mol. The van der Waals surface area contributed by atoms with E-state index in [1.165, 1.54) is 22.9 Å². The minimum atomic E-state index is -0.556. The molecule has 7 heteroatoms. The average molecular weight is 450 g/mol. The zero-order valence-corrected chi connectivity index (χ0v) is 18.9. The SMILES string of the molecule is Cc1cccc(O[C@@H](C)C(=O)N2CCC(Cn3nc(-c4ccc(F)cc4)ccc3=O)CC2)c1. The molecule has 0 bridgehead atoms. The molecule has 1 saturated heterocycles. The van der Waals surface area contributed by atoms with Crippen LogP contribution in [0.2, 0.25) is 0 Å². The normalized spacial score (nSPS) is 15.3. The van der Waals surface area contributed by atoms with Crippen LogP contribution in [0.1, 0.15) is 25.3 Å². The molecule has 0 unspecified atom stereocenters. The molecule has 0 spiro atoms. The number of rotatable bonds is 6. The maximum Gasteiger partial charge on any atom is 0.266 e. The van der Waals surface area contributed by atoms with E-state index >= 15 is 0 Å². The van der Waals surface area contributed by atoms with Crippen molar-refractivity contribution in [1.29, 1.82) is 0 Å². The monoisotopic (exact) mass is 449 g/mol. The van der Waals surface area contributed by atoms with E-state index in [4.69, 9.17) is 4.74 Å². The maximum atomic E-state index is 13.2. The topological polar surface area (TPSA) is 64.4 Å². The van der Waals surface area contributed by atoms with Crippen LogP contribution >= 0.6 is 0 Å². The summed E-state index contributed by atoms with van der Waals surface area (Å²) < 4.78 is 20.5. The quantitative estimate of drug-likeness (QED) is 0.569. The summed E-state index contributed by atoms with van der Waals surface area (Å²) in [6, 6.07) is 16.9. The number of piperidine rings is 1. The van der Waals surface area contributed by atoms with Gasteiger partial charge in [-0.05, 0) is 80.6 Å². The molecule has 6 nitrogen and oxygen atoms in total. The number of benzene rings is 2. The molecule has 1 atom stereocenters. The lowest BCUT2D eigenvalue weighted by Gasteiger charge is -2.33. The highest BCUT2D eigenvalue weighted by molar-refractivity contribution is 5.81. The van der Waals surface area contributed by atoms with Gasteiger partial charge in [-0.25, -0.2) is 9.07 Å². The Kier molecular flexibility index (Phi) is 6.87. The van der Waals surface area contributed by atoms with Crippen LogP contribution in [-0.2, 0) is 11.3 Å². The van der Waals surface area contributed by atoms with Gasteiger partial charge in [0, 0.05) is 31.3 Å². The van der Waals surface area contributed by atoms with Gasteiger partial charge in [-0.3, -0.25) is 9.59 Å². The van der Waals surface area contributed by atoms with Gasteiger partial charge in [-0.2, -0.15) is 5.10 Å². The van der Waals surface area contributed by atoms with Gasteiger partial charge in [-0.1, -0.05) is 12.1 Å². The standard InChI is InChI=1S/C26H28FN3O3/c1-18-4-3-5-23(16-18)33-19(2)26(32)29-14-12-20(13-15-29)17-30-25(31)11-10-24(28-30)21-6-8-22(27)9-7-21/h3-11,16,19-20H,12-15,17H2,1-2H3/t19-/m0/s1. The first-order valence-corrected chi connectivity index (χ1v) is 11.3. The molecule has 2 heterocycles. The first-order chi connectivity index (χ1) is 15.9. The van der Waals surface area contributed by atoms with Crippen LogP contribution in [0.4, 0.5) is 4.39 Å². The summed E-state index contributed by atoms with van der Waals surface area (Å²) in [6.45, 7) is 5.50. The number of hydrogen-bond acceptors (Lipinski definition) is 4. The fourth-order valence-electron chi connectivity index (χ4n) is 4.14. The zero-order chi connectivity index (χ0) is 23.4. The molecule has 3 aromatic rings. The van der Waals surface area contributed by atoms with Gasteiger partial charge < -0.3 is 9.64 Å². The molecule has 0 radical (unpaired) electrons. The van der Waals surface area contributed by atoms with Crippen LogP contribution in [0.25, 0.3) is 11.3 Å². The summed E-state index contributed by atoms with van der Waals surface area (Å²) in [5.74, 6) is 0.600. The Balaban J connectivity index is 1.34. The Labute approximate surface area is 192 Å². The smallest absolute Gasteiger partial charge is 0.266 e. The predicted molar refractivity (Wildman–Crippen MR) is 124 cm³/mol. The molecule has 4 rings (SSSR count). The van der Waals surface area contributed by atoms with Crippen LogP contribution < -0.4 is 10.3 Å². The molecular formula is C26H28FN3O3. The van der Waals surface area contributed by atoms with Gasteiger partial charge in [0.15, 0.2) is 6.10 Å². The maximum absolute atomic E-state index is 13.2. The molecule has 0 aliphatic carbocycles. The minimum Gasteiger partial charge on any atom is -0.481 e. The number of aryl methyl sites for hydroxylation is 1. The number of carbonyl (C=O) groups is 1. The van der Waals surface area contributed by atoms with Crippen LogP contribution in [0.15, 0.2) is 65.5 Å². The van der Waals surface area contributed by atoms with E-state index in [-0.39, 0.29) is 23.2 Å². The minimum absolute atomic E-state index is 0.0245. The van der Waals surface area contributed by atoms with Gasteiger partial charge in [-0.15, -0.1) is 0 Å². The zero-order valence-electron chi connectivity index (χ0n) is 18.9. The summed E-state index contributed by atoms with van der Waals surface area (Å²) in [5.41, 5.74) is 2.30. The summed E-state index contributed by atoms with van der Waals surface area (Å²) in [5, 5.41) is 4.48. The van der Waals surface area contributed by atoms with Crippen LogP contribution in [-0.4, -0.2) is 39.8 Å². The van der Waals surface area contributed by atoms with Crippen LogP contribution in [0, 0.1) is 18.7 Å². The van der Waals surface area contributed by atoms with Crippen molar-refractivity contribution in [2.24, 2.45) is 5.92 Å². The Bertz CT molecular complexity index is 1170. The second-order valence-corrected chi connectivity index (χ2v) is 8.59. The van der Waals surface area contributed by atoms with Crippen molar-refractivity contribution in [1.82, 2.24) is 14.7 Å². The average Bonchev–Trinajstić information content (AvgIpc) is 2.81. The number of hydrogen-bond donors (Lipinski definition) is 0. The van der Waals surface area contributed by atoms with Gasteiger partial charge in [0.25, 0.3) is 11.5 Å². The van der Waals surface area contributed by atoms with Crippen LogP contribution in [0.5, 0.6) is 5.75 Å². The second kappa shape index (κ2) is 9.98. The number of nitrogens with zero attached hydrogens (tertiary/aromatic N) is 3. The largest absolute Gasteiger partial charge is 0.481 e. The number of halogens is 1. The number of carbonyl (C=O) groups excluding carboxylic acids is 1.